The van der Waals surface area contributed by atoms with Crippen LogP contribution in [0.4, 0.5) is 4.39 Å². The molecule has 0 aromatic carbocycles. The molecule has 2 N–H and O–H groups in total. The Morgan fingerprint density at radius 2 is 2.00 bits per heavy atom. The van der Waals surface area contributed by atoms with Gasteiger partial charge < -0.3 is 10.2 Å². The first-order valence-corrected chi connectivity index (χ1v) is 2.19. The number of alkyl halides is 1. The van der Waals surface area contributed by atoms with Crippen molar-refractivity contribution in [3.05, 3.63) is 0 Å². The first-order valence-electron chi connectivity index (χ1n) is 2.19. The van der Waals surface area contributed by atoms with Gasteiger partial charge in [-0.1, -0.05) is 0 Å². The van der Waals surface area contributed by atoms with E-state index in [-0.39, 0.29) is 12.8 Å². The molecule has 3 heteroatoms. The van der Waals surface area contributed by atoms with Gasteiger partial charge in [-0.3, -0.25) is 0 Å². The van der Waals surface area contributed by atoms with Crippen LogP contribution < -0.4 is 0 Å². The number of aliphatic hydroxyl groups is 2. The Bertz CT molecular complexity index is 73.8. The van der Waals surface area contributed by atoms with E-state index in [9.17, 15) is 4.39 Å². The topological polar surface area (TPSA) is 40.5 Å². The Hall–Kier alpha value is -0.150. The summed E-state index contributed by atoms with van der Waals surface area (Å²) < 4.78 is 11.9. The number of rotatable bonds is 0. The highest BCUT2D eigenvalue weighted by molar-refractivity contribution is 4.84. The molecule has 7 heavy (non-hydrogen) atoms. The number of halogens is 1. The van der Waals surface area contributed by atoms with Crippen molar-refractivity contribution in [2.24, 2.45) is 0 Å². The molecule has 1 saturated carbocycles. The third-order valence-electron chi connectivity index (χ3n) is 1.10. The van der Waals surface area contributed by atoms with Crippen LogP contribution in [0.1, 0.15) is 12.8 Å². The van der Waals surface area contributed by atoms with Gasteiger partial charge in [0.25, 0.3) is 0 Å². The van der Waals surface area contributed by atoms with Crippen LogP contribution in [0.25, 0.3) is 0 Å². The van der Waals surface area contributed by atoms with E-state index >= 15 is 0 Å². The van der Waals surface area contributed by atoms with Gasteiger partial charge in [-0.15, -0.1) is 0 Å². The van der Waals surface area contributed by atoms with Crippen LogP contribution in [-0.2, 0) is 0 Å². The Kier molecular flexibility index (Phi) is 0.834. The van der Waals surface area contributed by atoms with Crippen molar-refractivity contribution in [3.8, 4) is 0 Å². The van der Waals surface area contributed by atoms with Crippen molar-refractivity contribution < 1.29 is 14.6 Å². The molecular formula is C4H7FO2. The lowest BCUT2D eigenvalue weighted by Gasteiger charge is -2.32. The zero-order valence-electron chi connectivity index (χ0n) is 3.76. The Labute approximate surface area is 40.6 Å². The maximum absolute atomic E-state index is 11.9. The van der Waals surface area contributed by atoms with E-state index in [4.69, 9.17) is 10.2 Å². The van der Waals surface area contributed by atoms with Crippen LogP contribution >= 0.6 is 0 Å². The highest BCUT2D eigenvalue weighted by atomic mass is 19.2. The minimum atomic E-state index is -2.06. The quantitative estimate of drug-likeness (QED) is 0.449. The van der Waals surface area contributed by atoms with E-state index < -0.39 is 12.0 Å². The van der Waals surface area contributed by atoms with Crippen molar-refractivity contribution in [1.29, 1.82) is 0 Å². The van der Waals surface area contributed by atoms with Crippen LogP contribution in [0.3, 0.4) is 0 Å². The highest BCUT2D eigenvalue weighted by Gasteiger charge is 2.41. The largest absolute Gasteiger partial charge is 0.393 e. The normalized spacial score (nSPS) is 51.0. The fourth-order valence-electron chi connectivity index (χ4n) is 0.662. The molecule has 0 aromatic heterocycles. The van der Waals surface area contributed by atoms with Crippen LogP contribution in [0, 0.1) is 0 Å². The second-order valence-corrected chi connectivity index (χ2v) is 1.98. The number of aliphatic hydroxyl groups excluding tert-OH is 1. The van der Waals surface area contributed by atoms with Crippen LogP contribution in [0.2, 0.25) is 0 Å². The van der Waals surface area contributed by atoms with Gasteiger partial charge in [0.05, 0.1) is 6.10 Å². The summed E-state index contributed by atoms with van der Waals surface area (Å²) in [5.74, 6) is -2.06. The van der Waals surface area contributed by atoms with Gasteiger partial charge >= 0.3 is 0 Å². The Balaban J connectivity index is 2.29. The Morgan fingerprint density at radius 1 is 1.57 bits per heavy atom. The smallest absolute Gasteiger partial charge is 0.211 e. The molecule has 1 rings (SSSR count). The summed E-state index contributed by atoms with van der Waals surface area (Å²) in [7, 11) is 0. The lowest BCUT2D eigenvalue weighted by atomic mass is 9.90. The number of hydrogen-bond donors (Lipinski definition) is 2. The summed E-state index contributed by atoms with van der Waals surface area (Å²) in [6.07, 6.45) is -0.852. The molecule has 1 aliphatic rings. The van der Waals surface area contributed by atoms with Gasteiger partial charge in [-0.05, 0) is 0 Å². The van der Waals surface area contributed by atoms with E-state index in [0.717, 1.165) is 0 Å². The average Bonchev–Trinajstić information content (AvgIpc) is 1.27. The second-order valence-electron chi connectivity index (χ2n) is 1.98. The molecule has 0 bridgehead atoms. The molecule has 2 nitrogen and oxygen atoms in total. The molecule has 1 fully saturated rings. The van der Waals surface area contributed by atoms with Crippen LogP contribution in [0.5, 0.6) is 0 Å². The monoisotopic (exact) mass is 106 g/mol. The molecule has 0 aromatic rings. The van der Waals surface area contributed by atoms with E-state index in [1.165, 1.54) is 0 Å². The summed E-state index contributed by atoms with van der Waals surface area (Å²) in [5, 5.41) is 16.6. The van der Waals surface area contributed by atoms with Gasteiger partial charge in [0.2, 0.25) is 5.85 Å². The first kappa shape index (κ1) is 5.00. The molecule has 42 valence electrons. The number of hydrogen-bond acceptors (Lipinski definition) is 2. The van der Waals surface area contributed by atoms with Crippen molar-refractivity contribution >= 4 is 0 Å². The lowest BCUT2D eigenvalue weighted by Crippen LogP contribution is -2.42. The van der Waals surface area contributed by atoms with E-state index in [1.807, 2.05) is 0 Å². The summed E-state index contributed by atoms with van der Waals surface area (Å²) in [6, 6.07) is 0. The molecule has 0 aliphatic heterocycles. The highest BCUT2D eigenvalue weighted by Crippen LogP contribution is 2.32. The molecule has 0 atom stereocenters. The standard InChI is InChI=1S/C4H7FO2/c5-4(7)1-3(6)2-4/h3,6-7H,1-2H2. The predicted molar refractivity (Wildman–Crippen MR) is 21.3 cm³/mol. The summed E-state index contributed by atoms with van der Waals surface area (Å²) >= 11 is 0. The molecule has 0 heterocycles. The molecule has 0 saturated heterocycles. The maximum Gasteiger partial charge on any atom is 0.211 e. The molecule has 0 spiro atoms. The van der Waals surface area contributed by atoms with Crippen molar-refractivity contribution in [3.63, 3.8) is 0 Å². The fourth-order valence-corrected chi connectivity index (χ4v) is 0.662. The van der Waals surface area contributed by atoms with Gasteiger partial charge in [0.1, 0.15) is 0 Å². The van der Waals surface area contributed by atoms with Crippen molar-refractivity contribution in [2.45, 2.75) is 24.8 Å². The van der Waals surface area contributed by atoms with E-state index in [0.29, 0.717) is 0 Å². The second kappa shape index (κ2) is 1.17. The van der Waals surface area contributed by atoms with E-state index in [2.05, 4.69) is 0 Å². The minimum absolute atomic E-state index is 0.118. The average molecular weight is 106 g/mol. The third kappa shape index (κ3) is 0.894. The van der Waals surface area contributed by atoms with Gasteiger partial charge in [-0.2, -0.15) is 0 Å². The van der Waals surface area contributed by atoms with Gasteiger partial charge in [0.15, 0.2) is 0 Å². The van der Waals surface area contributed by atoms with Crippen LogP contribution in [-0.4, -0.2) is 22.2 Å². The molecule has 0 unspecified atom stereocenters. The maximum atomic E-state index is 11.9. The molecule has 0 amide bonds. The lowest BCUT2D eigenvalue weighted by molar-refractivity contribution is -0.198. The van der Waals surface area contributed by atoms with Crippen molar-refractivity contribution in [1.82, 2.24) is 0 Å². The van der Waals surface area contributed by atoms with Crippen LogP contribution in [0.15, 0.2) is 0 Å². The SMILES string of the molecule is OC1CC(O)(F)C1. The zero-order valence-corrected chi connectivity index (χ0v) is 3.76. The molecule has 0 radical (unpaired) electrons. The molecular weight excluding hydrogens is 99.0 g/mol. The summed E-state index contributed by atoms with van der Waals surface area (Å²) in [4.78, 5) is 0. The predicted octanol–water partition coefficient (Wildman–Crippen LogP) is -0.201. The third-order valence-corrected chi connectivity index (χ3v) is 1.10. The van der Waals surface area contributed by atoms with E-state index in [1.54, 1.807) is 0 Å². The van der Waals surface area contributed by atoms with Gasteiger partial charge in [0, 0.05) is 12.8 Å². The van der Waals surface area contributed by atoms with Gasteiger partial charge in [-0.25, -0.2) is 4.39 Å². The first-order chi connectivity index (χ1) is 3.10. The Morgan fingerprint density at radius 3 is 2.00 bits per heavy atom. The minimum Gasteiger partial charge on any atom is -0.393 e. The zero-order chi connectivity index (χ0) is 5.49. The summed E-state index contributed by atoms with van der Waals surface area (Å²) in [5.41, 5.74) is 0. The summed E-state index contributed by atoms with van der Waals surface area (Å²) in [6.45, 7) is 0. The van der Waals surface area contributed by atoms with Crippen molar-refractivity contribution in [2.75, 3.05) is 0 Å². The molecule has 1 aliphatic carbocycles. The fraction of sp³-hybridized carbons (Fsp3) is 1.00.